The van der Waals surface area contributed by atoms with Crippen molar-refractivity contribution in [1.29, 1.82) is 0 Å². The lowest BCUT2D eigenvalue weighted by Gasteiger charge is -2.18. The molecule has 79 heavy (non-hydrogen) atoms. The molecule has 0 amide bonds. The molecule has 1 atom stereocenters. The molecule has 0 saturated heterocycles. The smallest absolute Gasteiger partial charge is 0.306 e. The highest BCUT2D eigenvalue weighted by atomic mass is 16.6. The van der Waals surface area contributed by atoms with Crippen LogP contribution < -0.4 is 0 Å². The monoisotopic (exact) mass is 1110 g/mol. The van der Waals surface area contributed by atoms with Crippen molar-refractivity contribution in [3.63, 3.8) is 0 Å². The third-order valence-electron chi connectivity index (χ3n) is 16.8. The van der Waals surface area contributed by atoms with Crippen LogP contribution in [0.3, 0.4) is 0 Å². The predicted molar refractivity (Wildman–Crippen MR) is 344 cm³/mol. The van der Waals surface area contributed by atoms with E-state index in [9.17, 15) is 14.4 Å². The van der Waals surface area contributed by atoms with E-state index < -0.39 is 6.10 Å². The van der Waals surface area contributed by atoms with E-state index in [1.165, 1.54) is 321 Å². The first-order valence-electron chi connectivity index (χ1n) is 36.2. The van der Waals surface area contributed by atoms with E-state index in [1.807, 2.05) is 0 Å². The predicted octanol–water partition coefficient (Wildman–Crippen LogP) is 24.8. The molecule has 0 bridgehead atoms. The van der Waals surface area contributed by atoms with Gasteiger partial charge in [-0.3, -0.25) is 14.4 Å². The molecule has 0 aliphatic rings. The Morgan fingerprint density at radius 1 is 0.241 bits per heavy atom. The summed E-state index contributed by atoms with van der Waals surface area (Å²) in [6.07, 6.45) is 82.6. The van der Waals surface area contributed by atoms with Gasteiger partial charge in [0.15, 0.2) is 6.10 Å². The lowest BCUT2D eigenvalue weighted by atomic mass is 10.0. The first-order valence-corrected chi connectivity index (χ1v) is 36.2. The van der Waals surface area contributed by atoms with Crippen molar-refractivity contribution in [3.05, 3.63) is 12.2 Å². The van der Waals surface area contributed by atoms with E-state index in [0.29, 0.717) is 19.3 Å². The van der Waals surface area contributed by atoms with E-state index >= 15 is 0 Å². The minimum Gasteiger partial charge on any atom is -0.462 e. The summed E-state index contributed by atoms with van der Waals surface area (Å²) < 4.78 is 17.0. The molecule has 0 heterocycles. The third kappa shape index (κ3) is 66.8. The summed E-state index contributed by atoms with van der Waals surface area (Å²) in [6.45, 7) is 6.73. The van der Waals surface area contributed by atoms with Crippen LogP contribution in [0.5, 0.6) is 0 Å². The molecular formula is C73H140O6. The number of hydrogen-bond acceptors (Lipinski definition) is 6. The zero-order valence-electron chi connectivity index (χ0n) is 53.9. The summed E-state index contributed by atoms with van der Waals surface area (Å²) in [5.74, 6) is -0.825. The zero-order valence-corrected chi connectivity index (χ0v) is 53.9. The van der Waals surface area contributed by atoms with Gasteiger partial charge in [0.1, 0.15) is 13.2 Å². The Balaban J connectivity index is 4.11. The largest absolute Gasteiger partial charge is 0.462 e. The molecule has 0 rings (SSSR count). The number of hydrogen-bond donors (Lipinski definition) is 0. The van der Waals surface area contributed by atoms with Crippen LogP contribution in [0.1, 0.15) is 419 Å². The maximum atomic E-state index is 12.9. The van der Waals surface area contributed by atoms with E-state index in [2.05, 4.69) is 32.9 Å². The number of esters is 3. The van der Waals surface area contributed by atoms with Gasteiger partial charge in [0.2, 0.25) is 0 Å². The van der Waals surface area contributed by atoms with Crippen LogP contribution in [0.4, 0.5) is 0 Å². The van der Waals surface area contributed by atoms with Crippen molar-refractivity contribution in [2.24, 2.45) is 0 Å². The molecule has 0 spiro atoms. The highest BCUT2D eigenvalue weighted by Crippen LogP contribution is 2.19. The molecule has 0 aromatic rings. The van der Waals surface area contributed by atoms with Gasteiger partial charge in [0.25, 0.3) is 0 Å². The van der Waals surface area contributed by atoms with Crippen LogP contribution in [0.15, 0.2) is 12.2 Å². The Hall–Kier alpha value is -1.85. The highest BCUT2D eigenvalue weighted by molar-refractivity contribution is 5.71. The molecule has 0 aliphatic heterocycles. The number of carbonyl (C=O) groups excluding carboxylic acids is 3. The zero-order chi connectivity index (χ0) is 57.1. The molecule has 0 aromatic carbocycles. The maximum Gasteiger partial charge on any atom is 0.306 e. The number of allylic oxidation sites excluding steroid dienone is 2. The van der Waals surface area contributed by atoms with Gasteiger partial charge in [-0.25, -0.2) is 0 Å². The standard InChI is InChI=1S/C73H140O6/c1-4-7-10-13-16-19-22-25-27-29-30-31-32-33-34-35-36-37-38-39-40-41-42-44-45-48-51-54-57-60-63-66-72(75)78-69-70(68-77-71(74)65-62-59-56-53-50-47-24-21-18-15-12-9-6-3)79-73(76)67-64-61-58-55-52-49-46-43-28-26-23-20-17-14-11-8-5-2/h29-30,70H,4-28,31-69H2,1-3H3/b30-29-. The lowest BCUT2D eigenvalue weighted by molar-refractivity contribution is -0.167. The Morgan fingerprint density at radius 3 is 0.633 bits per heavy atom. The van der Waals surface area contributed by atoms with Crippen molar-refractivity contribution in [3.8, 4) is 0 Å². The minimum atomic E-state index is -0.764. The van der Waals surface area contributed by atoms with Crippen molar-refractivity contribution in [2.75, 3.05) is 13.2 Å². The number of ether oxygens (including phenoxy) is 3. The van der Waals surface area contributed by atoms with Crippen LogP contribution in [-0.2, 0) is 28.6 Å². The summed E-state index contributed by atoms with van der Waals surface area (Å²) >= 11 is 0. The van der Waals surface area contributed by atoms with Crippen LogP contribution in [-0.4, -0.2) is 37.2 Å². The van der Waals surface area contributed by atoms with Crippen molar-refractivity contribution in [2.45, 2.75) is 425 Å². The van der Waals surface area contributed by atoms with Crippen molar-refractivity contribution >= 4 is 17.9 Å². The molecule has 0 N–H and O–H groups in total. The average molecular weight is 1110 g/mol. The van der Waals surface area contributed by atoms with Gasteiger partial charge in [-0.2, -0.15) is 0 Å². The molecule has 468 valence electrons. The van der Waals surface area contributed by atoms with E-state index in [4.69, 9.17) is 14.2 Å². The maximum absolute atomic E-state index is 12.9. The van der Waals surface area contributed by atoms with Crippen LogP contribution >= 0.6 is 0 Å². The van der Waals surface area contributed by atoms with Gasteiger partial charge in [0.05, 0.1) is 0 Å². The molecule has 1 unspecified atom stereocenters. The molecular weight excluding hydrogens is 973 g/mol. The van der Waals surface area contributed by atoms with Gasteiger partial charge in [-0.15, -0.1) is 0 Å². The van der Waals surface area contributed by atoms with Crippen LogP contribution in [0.25, 0.3) is 0 Å². The molecule has 6 nitrogen and oxygen atoms in total. The summed E-state index contributed by atoms with van der Waals surface area (Å²) in [4.78, 5) is 38.4. The fourth-order valence-corrected chi connectivity index (χ4v) is 11.3. The van der Waals surface area contributed by atoms with E-state index in [-0.39, 0.29) is 31.1 Å². The molecule has 0 saturated carbocycles. The summed E-state index contributed by atoms with van der Waals surface area (Å²) in [7, 11) is 0. The second kappa shape index (κ2) is 68.6. The molecule has 0 radical (unpaired) electrons. The normalized spacial score (nSPS) is 12.0. The molecule has 0 fully saturated rings. The van der Waals surface area contributed by atoms with E-state index in [0.717, 1.165) is 57.8 Å². The topological polar surface area (TPSA) is 78.9 Å². The SMILES string of the molecule is CCCCCCCCCC/C=C\CCCCCCCCCCCCCCCCCCCCCC(=O)OCC(COC(=O)CCCCCCCCCCCCCCC)OC(=O)CCCCCCCCCCCCCCCCCCC. The fourth-order valence-electron chi connectivity index (χ4n) is 11.3. The average Bonchev–Trinajstić information content (AvgIpc) is 3.45. The summed E-state index contributed by atoms with van der Waals surface area (Å²) in [5, 5.41) is 0. The highest BCUT2D eigenvalue weighted by Gasteiger charge is 2.20. The van der Waals surface area contributed by atoms with Crippen LogP contribution in [0.2, 0.25) is 0 Å². The first-order chi connectivity index (χ1) is 39.0. The van der Waals surface area contributed by atoms with Gasteiger partial charge >= 0.3 is 17.9 Å². The Bertz CT molecular complexity index is 1230. The summed E-state index contributed by atoms with van der Waals surface area (Å²) in [5.41, 5.74) is 0. The quantitative estimate of drug-likeness (QED) is 0.0261. The summed E-state index contributed by atoms with van der Waals surface area (Å²) in [6, 6.07) is 0. The molecule has 0 aliphatic carbocycles. The Morgan fingerprint density at radius 2 is 0.418 bits per heavy atom. The molecule has 0 aromatic heterocycles. The van der Waals surface area contributed by atoms with Gasteiger partial charge in [-0.1, -0.05) is 367 Å². The van der Waals surface area contributed by atoms with Gasteiger partial charge in [-0.05, 0) is 44.9 Å². The van der Waals surface area contributed by atoms with Crippen molar-refractivity contribution < 1.29 is 28.6 Å². The number of rotatable bonds is 68. The van der Waals surface area contributed by atoms with Gasteiger partial charge in [0, 0.05) is 19.3 Å². The third-order valence-corrected chi connectivity index (χ3v) is 16.8. The van der Waals surface area contributed by atoms with Crippen LogP contribution in [0, 0.1) is 0 Å². The second-order valence-electron chi connectivity index (χ2n) is 24.9. The van der Waals surface area contributed by atoms with Crippen molar-refractivity contribution in [1.82, 2.24) is 0 Å². The van der Waals surface area contributed by atoms with E-state index in [1.54, 1.807) is 0 Å². The lowest BCUT2D eigenvalue weighted by Crippen LogP contribution is -2.30. The Labute approximate surface area is 494 Å². The Kier molecular flexibility index (Phi) is 67.0. The number of unbranched alkanes of at least 4 members (excludes halogenated alkanes) is 55. The van der Waals surface area contributed by atoms with Gasteiger partial charge < -0.3 is 14.2 Å². The number of carbonyl (C=O) groups is 3. The fraction of sp³-hybridized carbons (Fsp3) is 0.932. The molecule has 6 heteroatoms. The first kappa shape index (κ1) is 77.2. The second-order valence-corrected chi connectivity index (χ2v) is 24.9. The minimum absolute atomic E-state index is 0.0618.